The number of rotatable bonds is 6. The molecule has 0 spiro atoms. The summed E-state index contributed by atoms with van der Waals surface area (Å²) in [6.45, 7) is 1.64. The van der Waals surface area contributed by atoms with E-state index >= 15 is 0 Å². The molecule has 1 amide bonds. The van der Waals surface area contributed by atoms with Gasteiger partial charge >= 0.3 is 0 Å². The summed E-state index contributed by atoms with van der Waals surface area (Å²) >= 11 is 0. The molecule has 2 aromatic carbocycles. The van der Waals surface area contributed by atoms with E-state index in [1.54, 1.807) is 62.6 Å². The van der Waals surface area contributed by atoms with Crippen LogP contribution in [-0.4, -0.2) is 29.8 Å². The van der Waals surface area contributed by atoms with Crippen LogP contribution >= 0.6 is 0 Å². The van der Waals surface area contributed by atoms with Crippen LogP contribution in [0.15, 0.2) is 53.1 Å². The molecule has 0 atom stereocenters. The minimum Gasteiger partial charge on any atom is -0.497 e. The van der Waals surface area contributed by atoms with E-state index in [1.165, 1.54) is 0 Å². The molecule has 128 valence electrons. The van der Waals surface area contributed by atoms with Gasteiger partial charge in [0.1, 0.15) is 11.5 Å². The van der Waals surface area contributed by atoms with Gasteiger partial charge in [0.25, 0.3) is 5.91 Å². The lowest BCUT2D eigenvalue weighted by atomic mass is 10.2. The molecule has 3 aromatic rings. The Morgan fingerprint density at radius 1 is 1.08 bits per heavy atom. The van der Waals surface area contributed by atoms with E-state index in [0.717, 1.165) is 11.3 Å². The molecule has 0 saturated carbocycles. The molecular weight excluding hydrogens is 322 g/mol. The molecular formula is C18H17N3O4. The number of carbonyl (C=O) groups is 1. The van der Waals surface area contributed by atoms with Gasteiger partial charge in [0, 0.05) is 18.2 Å². The minimum absolute atomic E-state index is 0.0906. The summed E-state index contributed by atoms with van der Waals surface area (Å²) in [6.07, 6.45) is 0. The number of hydrogen-bond acceptors (Lipinski definition) is 6. The van der Waals surface area contributed by atoms with Gasteiger partial charge in [-0.05, 0) is 48.5 Å². The van der Waals surface area contributed by atoms with E-state index in [1.807, 2.05) is 0 Å². The highest BCUT2D eigenvalue weighted by molar-refractivity contribution is 5.91. The SMILES string of the molecule is COc1ccc(NC(=O)COc2ccc(-c3noc(C)n3)cc2)cc1. The quantitative estimate of drug-likeness (QED) is 0.743. The predicted octanol–water partition coefficient (Wildman–Crippen LogP) is 3.07. The monoisotopic (exact) mass is 339 g/mol. The number of aromatic nitrogens is 2. The van der Waals surface area contributed by atoms with Crippen LogP contribution in [-0.2, 0) is 4.79 Å². The fourth-order valence-corrected chi connectivity index (χ4v) is 2.14. The summed E-state index contributed by atoms with van der Waals surface area (Å²) in [4.78, 5) is 16.1. The van der Waals surface area contributed by atoms with E-state index in [2.05, 4.69) is 15.5 Å². The number of benzene rings is 2. The number of nitrogens with one attached hydrogen (secondary N) is 1. The lowest BCUT2D eigenvalue weighted by molar-refractivity contribution is -0.118. The molecule has 7 nitrogen and oxygen atoms in total. The zero-order valence-corrected chi connectivity index (χ0v) is 13.9. The molecule has 3 rings (SSSR count). The van der Waals surface area contributed by atoms with Crippen LogP contribution in [0.2, 0.25) is 0 Å². The highest BCUT2D eigenvalue weighted by Gasteiger charge is 2.07. The van der Waals surface area contributed by atoms with Crippen molar-refractivity contribution in [1.82, 2.24) is 10.1 Å². The van der Waals surface area contributed by atoms with Gasteiger partial charge in [-0.1, -0.05) is 5.16 Å². The molecule has 1 heterocycles. The van der Waals surface area contributed by atoms with Crippen LogP contribution in [0.1, 0.15) is 5.89 Å². The molecule has 0 fully saturated rings. The maximum Gasteiger partial charge on any atom is 0.262 e. The van der Waals surface area contributed by atoms with Crippen molar-refractivity contribution >= 4 is 11.6 Å². The fraction of sp³-hybridized carbons (Fsp3) is 0.167. The van der Waals surface area contributed by atoms with Crippen molar-refractivity contribution in [3.63, 3.8) is 0 Å². The molecule has 7 heteroatoms. The van der Waals surface area contributed by atoms with E-state index in [0.29, 0.717) is 23.2 Å². The molecule has 0 radical (unpaired) electrons. The molecule has 0 aliphatic carbocycles. The normalized spacial score (nSPS) is 10.3. The largest absolute Gasteiger partial charge is 0.497 e. The summed E-state index contributed by atoms with van der Waals surface area (Å²) in [5.41, 5.74) is 1.49. The van der Waals surface area contributed by atoms with Crippen LogP contribution in [0.5, 0.6) is 11.5 Å². The minimum atomic E-state index is -0.247. The second-order valence-electron chi connectivity index (χ2n) is 5.23. The van der Waals surface area contributed by atoms with Gasteiger partial charge in [0.2, 0.25) is 11.7 Å². The number of anilines is 1. The zero-order valence-electron chi connectivity index (χ0n) is 13.9. The second kappa shape index (κ2) is 7.48. The van der Waals surface area contributed by atoms with Crippen molar-refractivity contribution in [2.45, 2.75) is 6.92 Å². The molecule has 25 heavy (non-hydrogen) atoms. The van der Waals surface area contributed by atoms with Crippen LogP contribution in [0.4, 0.5) is 5.69 Å². The van der Waals surface area contributed by atoms with Gasteiger partial charge in [-0.25, -0.2) is 0 Å². The first-order chi connectivity index (χ1) is 12.1. The highest BCUT2D eigenvalue weighted by atomic mass is 16.5. The molecule has 0 bridgehead atoms. The smallest absolute Gasteiger partial charge is 0.262 e. The standard InChI is InChI=1S/C18H17N3O4/c1-12-19-18(21-25-12)13-3-7-16(8-4-13)24-11-17(22)20-14-5-9-15(23-2)10-6-14/h3-10H,11H2,1-2H3,(H,20,22). The van der Waals surface area contributed by atoms with Gasteiger partial charge in [-0.2, -0.15) is 4.98 Å². The lowest BCUT2D eigenvalue weighted by Crippen LogP contribution is -2.20. The third-order valence-electron chi connectivity index (χ3n) is 3.38. The number of ether oxygens (including phenoxy) is 2. The number of carbonyl (C=O) groups excluding carboxylic acids is 1. The first-order valence-corrected chi connectivity index (χ1v) is 7.61. The van der Waals surface area contributed by atoms with E-state index < -0.39 is 0 Å². The average Bonchev–Trinajstić information content (AvgIpc) is 3.07. The van der Waals surface area contributed by atoms with Crippen molar-refractivity contribution in [3.05, 3.63) is 54.4 Å². The van der Waals surface area contributed by atoms with Crippen LogP contribution in [0.25, 0.3) is 11.4 Å². The van der Waals surface area contributed by atoms with E-state index in [4.69, 9.17) is 14.0 Å². The summed E-state index contributed by atoms with van der Waals surface area (Å²) in [7, 11) is 1.59. The topological polar surface area (TPSA) is 86.5 Å². The number of methoxy groups -OCH3 is 1. The van der Waals surface area contributed by atoms with E-state index in [-0.39, 0.29) is 12.5 Å². The van der Waals surface area contributed by atoms with Crippen molar-refractivity contribution in [1.29, 1.82) is 0 Å². The Labute approximate surface area is 144 Å². The number of nitrogens with zero attached hydrogens (tertiary/aromatic N) is 2. The molecule has 0 unspecified atom stereocenters. The number of amides is 1. The third kappa shape index (κ3) is 4.35. The first-order valence-electron chi connectivity index (χ1n) is 7.61. The molecule has 1 N–H and O–H groups in total. The Kier molecular flexibility index (Phi) is 4.94. The van der Waals surface area contributed by atoms with Gasteiger partial charge < -0.3 is 19.3 Å². The van der Waals surface area contributed by atoms with Crippen LogP contribution in [0, 0.1) is 6.92 Å². The van der Waals surface area contributed by atoms with Gasteiger partial charge in [-0.15, -0.1) is 0 Å². The first kappa shape index (κ1) is 16.5. The van der Waals surface area contributed by atoms with Gasteiger partial charge in [-0.3, -0.25) is 4.79 Å². The Hall–Kier alpha value is -3.35. The zero-order chi connectivity index (χ0) is 17.6. The maximum atomic E-state index is 11.9. The van der Waals surface area contributed by atoms with Crippen LogP contribution in [0.3, 0.4) is 0 Å². The van der Waals surface area contributed by atoms with E-state index in [9.17, 15) is 4.79 Å². The lowest BCUT2D eigenvalue weighted by Gasteiger charge is -2.08. The Morgan fingerprint density at radius 3 is 2.36 bits per heavy atom. The summed E-state index contributed by atoms with van der Waals surface area (Å²) in [5, 5.41) is 6.60. The summed E-state index contributed by atoms with van der Waals surface area (Å²) in [6, 6.07) is 14.2. The number of aryl methyl sites for hydroxylation is 1. The predicted molar refractivity (Wildman–Crippen MR) is 91.6 cm³/mol. The average molecular weight is 339 g/mol. The Bertz CT molecular complexity index is 842. The Balaban J connectivity index is 1.53. The molecule has 0 aliphatic rings. The van der Waals surface area contributed by atoms with Gasteiger partial charge in [0.05, 0.1) is 7.11 Å². The summed E-state index contributed by atoms with van der Waals surface area (Å²) in [5.74, 6) is 2.08. The Morgan fingerprint density at radius 2 is 1.76 bits per heavy atom. The van der Waals surface area contributed by atoms with Crippen LogP contribution < -0.4 is 14.8 Å². The molecule has 0 aliphatic heterocycles. The van der Waals surface area contributed by atoms with Crippen molar-refractivity contribution in [2.75, 3.05) is 19.0 Å². The maximum absolute atomic E-state index is 11.9. The third-order valence-corrected chi connectivity index (χ3v) is 3.38. The van der Waals surface area contributed by atoms with Gasteiger partial charge in [0.15, 0.2) is 6.61 Å². The van der Waals surface area contributed by atoms with Crippen molar-refractivity contribution in [3.8, 4) is 22.9 Å². The highest BCUT2D eigenvalue weighted by Crippen LogP contribution is 2.20. The molecule has 0 saturated heterocycles. The number of hydrogen-bond donors (Lipinski definition) is 1. The summed E-state index contributed by atoms with van der Waals surface area (Å²) < 4.78 is 15.5. The van der Waals surface area contributed by atoms with Crippen molar-refractivity contribution in [2.24, 2.45) is 0 Å². The second-order valence-corrected chi connectivity index (χ2v) is 5.23. The molecule has 1 aromatic heterocycles. The van der Waals surface area contributed by atoms with Crippen molar-refractivity contribution < 1.29 is 18.8 Å². The fourth-order valence-electron chi connectivity index (χ4n) is 2.14.